The van der Waals surface area contributed by atoms with Crippen LogP contribution in [-0.4, -0.2) is 53.5 Å². The largest absolute Gasteiger partial charge is 0.354 e. The maximum atomic E-state index is 12.5. The van der Waals surface area contributed by atoms with Crippen LogP contribution in [0.25, 0.3) is 11.3 Å². The van der Waals surface area contributed by atoms with Crippen molar-refractivity contribution in [3.63, 3.8) is 0 Å². The number of thiophene rings is 1. The van der Waals surface area contributed by atoms with Crippen molar-refractivity contribution in [3.8, 4) is 11.3 Å². The molecule has 30 heavy (non-hydrogen) atoms. The lowest BCUT2D eigenvalue weighted by molar-refractivity contribution is 0.0950. The van der Waals surface area contributed by atoms with E-state index in [1.165, 1.54) is 17.7 Å². The summed E-state index contributed by atoms with van der Waals surface area (Å²) in [5, 5.41) is 8.40. The molecule has 4 rings (SSSR count). The molecular weight excluding hydrogens is 394 g/mol. The number of nitrogens with one attached hydrogen (secondary N) is 2. The molecule has 1 aliphatic heterocycles. The fourth-order valence-corrected chi connectivity index (χ4v) is 4.32. The van der Waals surface area contributed by atoms with Gasteiger partial charge in [0, 0.05) is 41.8 Å². The van der Waals surface area contributed by atoms with E-state index in [0.717, 1.165) is 43.9 Å². The number of hydrogen-bond acceptors (Lipinski definition) is 6. The number of nitrogens with zero attached hydrogens (tertiary/aromatic N) is 3. The molecule has 0 aliphatic carbocycles. The van der Waals surface area contributed by atoms with E-state index in [1.54, 1.807) is 17.5 Å². The van der Waals surface area contributed by atoms with Crippen LogP contribution < -0.4 is 10.6 Å². The van der Waals surface area contributed by atoms with Crippen LogP contribution in [0.5, 0.6) is 0 Å². The lowest BCUT2D eigenvalue weighted by Gasteiger charge is -2.14. The standard InChI is InChI=1S/C23H27N5OS/c29-22(24-12-15-28-13-1-2-14-28)19-6-3-5-18(17-19)21-9-11-26-23(27-21)25-10-8-20-7-4-16-30-20/h3-7,9,11,16-17H,1-2,8,10,12-15H2,(H,24,29)(H,25,26,27). The zero-order valence-corrected chi connectivity index (χ0v) is 17.8. The Hall–Kier alpha value is -2.77. The predicted octanol–water partition coefficient (Wildman–Crippen LogP) is 3.69. The number of carbonyl (C=O) groups excluding carboxylic acids is 1. The predicted molar refractivity (Wildman–Crippen MR) is 122 cm³/mol. The van der Waals surface area contributed by atoms with Crippen molar-refractivity contribution in [2.45, 2.75) is 19.3 Å². The van der Waals surface area contributed by atoms with Gasteiger partial charge < -0.3 is 15.5 Å². The van der Waals surface area contributed by atoms with E-state index in [9.17, 15) is 4.79 Å². The maximum Gasteiger partial charge on any atom is 0.251 e. The number of amides is 1. The van der Waals surface area contributed by atoms with Crippen molar-refractivity contribution < 1.29 is 4.79 Å². The van der Waals surface area contributed by atoms with Gasteiger partial charge in [0.1, 0.15) is 0 Å². The molecule has 7 heteroatoms. The molecule has 0 atom stereocenters. The monoisotopic (exact) mass is 421 g/mol. The highest BCUT2D eigenvalue weighted by molar-refractivity contribution is 7.09. The molecule has 2 N–H and O–H groups in total. The molecule has 0 spiro atoms. The minimum absolute atomic E-state index is 0.0422. The Bertz CT molecular complexity index is 954. The third-order valence-corrected chi connectivity index (χ3v) is 6.16. The first-order valence-corrected chi connectivity index (χ1v) is 11.4. The molecule has 2 aromatic heterocycles. The van der Waals surface area contributed by atoms with Crippen LogP contribution in [0.3, 0.4) is 0 Å². The van der Waals surface area contributed by atoms with Crippen molar-refractivity contribution in [1.82, 2.24) is 20.2 Å². The average Bonchev–Trinajstić information content (AvgIpc) is 3.48. The zero-order valence-electron chi connectivity index (χ0n) is 17.0. The normalized spacial score (nSPS) is 14.0. The number of benzene rings is 1. The smallest absolute Gasteiger partial charge is 0.251 e. The molecule has 6 nitrogen and oxygen atoms in total. The molecule has 3 heterocycles. The van der Waals surface area contributed by atoms with Gasteiger partial charge in [-0.15, -0.1) is 11.3 Å². The van der Waals surface area contributed by atoms with Crippen LogP contribution in [0.2, 0.25) is 0 Å². The topological polar surface area (TPSA) is 70.2 Å². The van der Waals surface area contributed by atoms with Crippen molar-refractivity contribution in [2.75, 3.05) is 38.0 Å². The minimum Gasteiger partial charge on any atom is -0.354 e. The van der Waals surface area contributed by atoms with Gasteiger partial charge in [0.15, 0.2) is 0 Å². The van der Waals surface area contributed by atoms with Gasteiger partial charge in [-0.3, -0.25) is 4.79 Å². The first-order valence-electron chi connectivity index (χ1n) is 10.5. The van der Waals surface area contributed by atoms with Gasteiger partial charge in [-0.05, 0) is 62.0 Å². The van der Waals surface area contributed by atoms with Crippen molar-refractivity contribution >= 4 is 23.2 Å². The molecule has 0 saturated carbocycles. The Morgan fingerprint density at radius 2 is 2.00 bits per heavy atom. The van der Waals surface area contributed by atoms with Crippen LogP contribution in [0.15, 0.2) is 54.0 Å². The minimum atomic E-state index is -0.0422. The van der Waals surface area contributed by atoms with Crippen LogP contribution >= 0.6 is 11.3 Å². The van der Waals surface area contributed by atoms with E-state index in [-0.39, 0.29) is 5.91 Å². The van der Waals surface area contributed by atoms with E-state index >= 15 is 0 Å². The second-order valence-electron chi connectivity index (χ2n) is 7.41. The molecule has 0 radical (unpaired) electrons. The fourth-order valence-electron chi connectivity index (χ4n) is 3.61. The summed E-state index contributed by atoms with van der Waals surface area (Å²) < 4.78 is 0. The summed E-state index contributed by atoms with van der Waals surface area (Å²) in [5.41, 5.74) is 2.36. The zero-order chi connectivity index (χ0) is 20.6. The SMILES string of the molecule is O=C(NCCN1CCCC1)c1cccc(-c2ccnc(NCCc3cccs3)n2)c1. The van der Waals surface area contributed by atoms with Gasteiger partial charge in [0.2, 0.25) is 5.95 Å². The Morgan fingerprint density at radius 1 is 1.10 bits per heavy atom. The summed E-state index contributed by atoms with van der Waals surface area (Å²) >= 11 is 1.75. The van der Waals surface area contributed by atoms with Crippen molar-refractivity contribution in [1.29, 1.82) is 0 Å². The highest BCUT2D eigenvalue weighted by Crippen LogP contribution is 2.19. The summed E-state index contributed by atoms with van der Waals surface area (Å²) in [6.07, 6.45) is 5.22. The molecular formula is C23H27N5OS. The number of hydrogen-bond donors (Lipinski definition) is 2. The van der Waals surface area contributed by atoms with Crippen LogP contribution in [-0.2, 0) is 6.42 Å². The Balaban J connectivity index is 1.34. The number of anilines is 1. The molecule has 1 saturated heterocycles. The van der Waals surface area contributed by atoms with Gasteiger partial charge in [0.05, 0.1) is 5.69 Å². The quantitative estimate of drug-likeness (QED) is 0.552. The van der Waals surface area contributed by atoms with Crippen LogP contribution in [0, 0.1) is 0 Å². The summed E-state index contributed by atoms with van der Waals surface area (Å²) in [6, 6.07) is 13.7. The van der Waals surface area contributed by atoms with E-state index < -0.39 is 0 Å². The van der Waals surface area contributed by atoms with Gasteiger partial charge in [-0.2, -0.15) is 0 Å². The molecule has 0 unspecified atom stereocenters. The molecule has 1 amide bonds. The third-order valence-electron chi connectivity index (χ3n) is 5.22. The first kappa shape index (κ1) is 20.5. The summed E-state index contributed by atoms with van der Waals surface area (Å²) in [7, 11) is 0. The second-order valence-corrected chi connectivity index (χ2v) is 8.44. The Morgan fingerprint density at radius 3 is 2.83 bits per heavy atom. The second kappa shape index (κ2) is 10.3. The number of aromatic nitrogens is 2. The van der Waals surface area contributed by atoms with Crippen molar-refractivity contribution in [3.05, 3.63) is 64.5 Å². The van der Waals surface area contributed by atoms with E-state index in [2.05, 4.69) is 43.0 Å². The molecule has 0 bridgehead atoms. The third kappa shape index (κ3) is 5.64. The molecule has 1 aromatic carbocycles. The lowest BCUT2D eigenvalue weighted by atomic mass is 10.1. The maximum absolute atomic E-state index is 12.5. The molecule has 1 aliphatic rings. The number of likely N-dealkylation sites (tertiary alicyclic amines) is 1. The summed E-state index contributed by atoms with van der Waals surface area (Å²) in [6.45, 7) is 4.65. The van der Waals surface area contributed by atoms with Gasteiger partial charge >= 0.3 is 0 Å². The summed E-state index contributed by atoms with van der Waals surface area (Å²) in [5.74, 6) is 0.559. The van der Waals surface area contributed by atoms with Gasteiger partial charge in [-0.1, -0.05) is 18.2 Å². The average molecular weight is 422 g/mol. The van der Waals surface area contributed by atoms with Gasteiger partial charge in [-0.25, -0.2) is 9.97 Å². The highest BCUT2D eigenvalue weighted by Gasteiger charge is 2.12. The Kier molecular flexibility index (Phi) is 7.05. The van der Waals surface area contributed by atoms with E-state index in [4.69, 9.17) is 0 Å². The van der Waals surface area contributed by atoms with Crippen LogP contribution in [0.1, 0.15) is 28.1 Å². The summed E-state index contributed by atoms with van der Waals surface area (Å²) in [4.78, 5) is 25.2. The Labute approximate surface area is 181 Å². The number of rotatable bonds is 9. The van der Waals surface area contributed by atoms with E-state index in [0.29, 0.717) is 18.1 Å². The fraction of sp³-hybridized carbons (Fsp3) is 0.348. The molecule has 3 aromatic rings. The first-order chi connectivity index (χ1) is 14.8. The number of carbonyl (C=O) groups is 1. The van der Waals surface area contributed by atoms with Gasteiger partial charge in [0.25, 0.3) is 5.91 Å². The highest BCUT2D eigenvalue weighted by atomic mass is 32.1. The molecule has 1 fully saturated rings. The molecule has 156 valence electrons. The van der Waals surface area contributed by atoms with Crippen molar-refractivity contribution in [2.24, 2.45) is 0 Å². The lowest BCUT2D eigenvalue weighted by Crippen LogP contribution is -2.33. The van der Waals surface area contributed by atoms with Crippen LogP contribution in [0.4, 0.5) is 5.95 Å². The van der Waals surface area contributed by atoms with E-state index in [1.807, 2.05) is 30.3 Å².